The first-order chi connectivity index (χ1) is 17.5. The largest absolute Gasteiger partial charge is 0.381 e. The first kappa shape index (κ1) is 26.0. The lowest BCUT2D eigenvalue weighted by Gasteiger charge is -2.55. The topological polar surface area (TPSA) is 84.5 Å². The monoisotopic (exact) mass is 504 g/mol. The van der Waals surface area contributed by atoms with Crippen LogP contribution in [0.5, 0.6) is 0 Å². The van der Waals surface area contributed by atoms with Crippen LogP contribution in [0.25, 0.3) is 11.4 Å². The second-order valence-corrected chi connectivity index (χ2v) is 12.2. The summed E-state index contributed by atoms with van der Waals surface area (Å²) in [5, 5.41) is 16.8. The van der Waals surface area contributed by atoms with E-state index in [0.717, 1.165) is 55.8 Å². The third kappa shape index (κ3) is 4.51. The van der Waals surface area contributed by atoms with Gasteiger partial charge in [0.1, 0.15) is 5.60 Å². The first-order valence-corrected chi connectivity index (χ1v) is 13.4. The second-order valence-electron chi connectivity index (χ2n) is 12.2. The fourth-order valence-corrected chi connectivity index (χ4v) is 6.30. The van der Waals surface area contributed by atoms with Crippen molar-refractivity contribution < 1.29 is 14.4 Å². The molecule has 0 aliphatic carbocycles. The van der Waals surface area contributed by atoms with E-state index in [1.54, 1.807) is 12.4 Å². The standard InChI is InChI=1S/C30H40N4O3/c1-20(2)21-7-9-24(10-8-21)30(35,29(5)18-34(6)19-29)25-15-22(16-31-17-25)26-32-27(37-33-26)28(3,4)23-11-13-36-14-12-23/h7-10,15-17,20,23,35H,11-14,18-19H2,1-6H3. The molecule has 2 aliphatic heterocycles. The molecule has 0 bridgehead atoms. The van der Waals surface area contributed by atoms with Crippen molar-refractivity contribution in [1.29, 1.82) is 0 Å². The van der Waals surface area contributed by atoms with Crippen LogP contribution >= 0.6 is 0 Å². The highest BCUT2D eigenvalue weighted by molar-refractivity contribution is 5.56. The van der Waals surface area contributed by atoms with Gasteiger partial charge in [-0.3, -0.25) is 4.98 Å². The Labute approximate surface area is 220 Å². The van der Waals surface area contributed by atoms with E-state index in [0.29, 0.717) is 23.6 Å². The molecule has 5 rings (SSSR count). The number of nitrogens with zero attached hydrogens (tertiary/aromatic N) is 4. The second kappa shape index (κ2) is 9.61. The number of likely N-dealkylation sites (tertiary alicyclic amines) is 1. The number of hydrogen-bond acceptors (Lipinski definition) is 7. The molecule has 2 aliphatic rings. The van der Waals surface area contributed by atoms with Gasteiger partial charge in [0, 0.05) is 60.7 Å². The van der Waals surface area contributed by atoms with E-state index < -0.39 is 5.60 Å². The van der Waals surface area contributed by atoms with Crippen LogP contribution in [0.1, 0.15) is 76.0 Å². The van der Waals surface area contributed by atoms with Crippen molar-refractivity contribution in [2.75, 3.05) is 33.4 Å². The highest BCUT2D eigenvalue weighted by Gasteiger charge is 2.55. The van der Waals surface area contributed by atoms with Gasteiger partial charge in [-0.05, 0) is 48.9 Å². The molecule has 1 N–H and O–H groups in total. The Balaban J connectivity index is 1.52. The van der Waals surface area contributed by atoms with Crippen molar-refractivity contribution in [3.63, 3.8) is 0 Å². The summed E-state index contributed by atoms with van der Waals surface area (Å²) in [5.41, 5.74) is 1.78. The quantitative estimate of drug-likeness (QED) is 0.476. The predicted molar refractivity (Wildman–Crippen MR) is 143 cm³/mol. The molecule has 1 aromatic carbocycles. The molecule has 0 radical (unpaired) electrons. The Morgan fingerprint density at radius 3 is 2.35 bits per heavy atom. The predicted octanol–water partition coefficient (Wildman–Crippen LogP) is 5.15. The molecule has 3 aromatic rings. The number of aliphatic hydroxyl groups is 1. The van der Waals surface area contributed by atoms with Gasteiger partial charge in [0.05, 0.1) is 0 Å². The lowest BCUT2D eigenvalue weighted by molar-refractivity contribution is -0.127. The Morgan fingerprint density at radius 1 is 1.05 bits per heavy atom. The van der Waals surface area contributed by atoms with Gasteiger partial charge in [-0.1, -0.05) is 64.0 Å². The van der Waals surface area contributed by atoms with Crippen LogP contribution in [0.2, 0.25) is 0 Å². The molecule has 198 valence electrons. The smallest absolute Gasteiger partial charge is 0.232 e. The van der Waals surface area contributed by atoms with Gasteiger partial charge >= 0.3 is 0 Å². The Hall–Kier alpha value is -2.61. The molecule has 1 unspecified atom stereocenters. The zero-order valence-electron chi connectivity index (χ0n) is 23.0. The van der Waals surface area contributed by atoms with Gasteiger partial charge in [-0.2, -0.15) is 4.98 Å². The van der Waals surface area contributed by atoms with Crippen molar-refractivity contribution in [3.05, 3.63) is 65.3 Å². The van der Waals surface area contributed by atoms with Crippen molar-refractivity contribution in [1.82, 2.24) is 20.0 Å². The molecule has 0 saturated carbocycles. The van der Waals surface area contributed by atoms with E-state index in [9.17, 15) is 5.11 Å². The summed E-state index contributed by atoms with van der Waals surface area (Å²) < 4.78 is 11.3. The van der Waals surface area contributed by atoms with Crippen LogP contribution in [0.3, 0.4) is 0 Å². The third-order valence-corrected chi connectivity index (χ3v) is 8.74. The van der Waals surface area contributed by atoms with Crippen molar-refractivity contribution in [2.24, 2.45) is 11.3 Å². The Kier molecular flexibility index (Phi) is 6.75. The van der Waals surface area contributed by atoms with Crippen LogP contribution in [-0.2, 0) is 15.8 Å². The van der Waals surface area contributed by atoms with Gasteiger partial charge in [0.15, 0.2) is 0 Å². The lowest BCUT2D eigenvalue weighted by atomic mass is 9.62. The molecule has 0 spiro atoms. The summed E-state index contributed by atoms with van der Waals surface area (Å²) in [6.07, 6.45) is 5.49. The molecule has 7 nitrogen and oxygen atoms in total. The normalized spacial score (nSPS) is 20.5. The lowest BCUT2D eigenvalue weighted by Crippen LogP contribution is -2.63. The maximum absolute atomic E-state index is 12.5. The van der Waals surface area contributed by atoms with Crippen LogP contribution in [-0.4, -0.2) is 58.5 Å². The summed E-state index contributed by atoms with van der Waals surface area (Å²) in [6, 6.07) is 10.3. The molecule has 37 heavy (non-hydrogen) atoms. The van der Waals surface area contributed by atoms with Gasteiger partial charge < -0.3 is 19.3 Å². The third-order valence-electron chi connectivity index (χ3n) is 8.74. The molecular formula is C30H40N4O3. The van der Waals surface area contributed by atoms with E-state index in [2.05, 4.69) is 81.0 Å². The van der Waals surface area contributed by atoms with Crippen molar-refractivity contribution >= 4 is 0 Å². The van der Waals surface area contributed by atoms with E-state index >= 15 is 0 Å². The maximum atomic E-state index is 12.5. The van der Waals surface area contributed by atoms with Crippen LogP contribution in [0, 0.1) is 11.3 Å². The van der Waals surface area contributed by atoms with Crippen LogP contribution in [0.4, 0.5) is 0 Å². The Bertz CT molecular complexity index is 1220. The number of aromatic nitrogens is 3. The molecule has 1 atom stereocenters. The van der Waals surface area contributed by atoms with Crippen molar-refractivity contribution in [3.8, 4) is 11.4 Å². The average molecular weight is 505 g/mol. The summed E-state index contributed by atoms with van der Waals surface area (Å²) in [6.45, 7) is 14.0. The zero-order chi connectivity index (χ0) is 26.4. The maximum Gasteiger partial charge on any atom is 0.232 e. The van der Waals surface area contributed by atoms with Gasteiger partial charge in [0.25, 0.3) is 0 Å². The minimum Gasteiger partial charge on any atom is -0.381 e. The summed E-state index contributed by atoms with van der Waals surface area (Å²) in [4.78, 5) is 11.6. The van der Waals surface area contributed by atoms with Crippen LogP contribution in [0.15, 0.2) is 47.2 Å². The zero-order valence-corrected chi connectivity index (χ0v) is 23.0. The van der Waals surface area contributed by atoms with Crippen LogP contribution < -0.4 is 0 Å². The first-order valence-electron chi connectivity index (χ1n) is 13.4. The van der Waals surface area contributed by atoms with Gasteiger partial charge in [0.2, 0.25) is 11.7 Å². The number of benzene rings is 1. The van der Waals surface area contributed by atoms with E-state index in [1.807, 2.05) is 6.07 Å². The fraction of sp³-hybridized carbons (Fsp3) is 0.567. The molecule has 0 amide bonds. The number of hydrogen-bond donors (Lipinski definition) is 1. The number of rotatable bonds is 7. The number of ether oxygens (including phenoxy) is 1. The molecule has 2 saturated heterocycles. The summed E-state index contributed by atoms with van der Waals surface area (Å²) >= 11 is 0. The van der Waals surface area contributed by atoms with Crippen molar-refractivity contribution in [2.45, 2.75) is 64.4 Å². The van der Waals surface area contributed by atoms with E-state index in [4.69, 9.17) is 14.2 Å². The molecule has 4 heterocycles. The molecule has 7 heteroatoms. The summed E-state index contributed by atoms with van der Waals surface area (Å²) in [5.74, 6) is 1.98. The van der Waals surface area contributed by atoms with E-state index in [1.165, 1.54) is 5.56 Å². The minimum atomic E-state index is -1.22. The van der Waals surface area contributed by atoms with Gasteiger partial charge in [-0.15, -0.1) is 0 Å². The number of pyridine rings is 1. The summed E-state index contributed by atoms with van der Waals surface area (Å²) in [7, 11) is 2.08. The highest BCUT2D eigenvalue weighted by atomic mass is 16.5. The highest BCUT2D eigenvalue weighted by Crippen LogP contribution is 2.50. The van der Waals surface area contributed by atoms with E-state index in [-0.39, 0.29) is 10.8 Å². The minimum absolute atomic E-state index is 0.247. The molecule has 2 fully saturated rings. The average Bonchev–Trinajstić information content (AvgIpc) is 3.39. The Morgan fingerprint density at radius 2 is 1.73 bits per heavy atom. The molecular weight excluding hydrogens is 464 g/mol. The fourth-order valence-electron chi connectivity index (χ4n) is 6.30. The SMILES string of the molecule is CC(C)c1ccc(C(O)(c2cncc(-c3noc(C(C)(C)C4CCOCC4)n3)c2)C2(C)CN(C)C2)cc1. The van der Waals surface area contributed by atoms with Gasteiger partial charge in [-0.25, -0.2) is 0 Å². The molecule has 2 aromatic heterocycles.